The number of hydrogen-bond donors (Lipinski definition) is 2. The third-order valence-corrected chi connectivity index (χ3v) is 3.24. The predicted molar refractivity (Wildman–Crippen MR) is 57.4 cm³/mol. The summed E-state index contributed by atoms with van der Waals surface area (Å²) >= 11 is 3.32. The lowest BCUT2D eigenvalue weighted by molar-refractivity contribution is -0.140. The van der Waals surface area contributed by atoms with Crippen molar-refractivity contribution in [3.8, 4) is 0 Å². The molecule has 1 fully saturated rings. The van der Waals surface area contributed by atoms with E-state index in [9.17, 15) is 4.79 Å². The first-order chi connectivity index (χ1) is 7.18. The van der Waals surface area contributed by atoms with E-state index in [1.54, 1.807) is 12.3 Å². The van der Waals surface area contributed by atoms with E-state index in [-0.39, 0.29) is 5.92 Å². The molecule has 0 radical (unpaired) electrons. The number of furan rings is 1. The summed E-state index contributed by atoms with van der Waals surface area (Å²) in [6.07, 6.45) is 3.58. The van der Waals surface area contributed by atoms with Gasteiger partial charge in [-0.1, -0.05) is 0 Å². The average molecular weight is 274 g/mol. The molecular formula is C10H12BrNO3. The Bertz CT molecular complexity index is 359. The fourth-order valence-electron chi connectivity index (χ4n) is 1.54. The third kappa shape index (κ3) is 2.60. The first-order valence-electron chi connectivity index (χ1n) is 4.86. The first kappa shape index (κ1) is 10.7. The predicted octanol–water partition coefficient (Wildman–Crippen LogP) is 1.99. The van der Waals surface area contributed by atoms with E-state index in [1.807, 2.05) is 0 Å². The van der Waals surface area contributed by atoms with Crippen LogP contribution in [0.1, 0.15) is 18.6 Å². The molecular weight excluding hydrogens is 262 g/mol. The van der Waals surface area contributed by atoms with Crippen LogP contribution in [0, 0.1) is 5.92 Å². The highest BCUT2D eigenvalue weighted by molar-refractivity contribution is 9.10. The minimum atomic E-state index is -0.778. The van der Waals surface area contributed by atoms with Crippen LogP contribution in [0.15, 0.2) is 21.2 Å². The Morgan fingerprint density at radius 3 is 2.93 bits per heavy atom. The van der Waals surface area contributed by atoms with Gasteiger partial charge in [0.2, 0.25) is 0 Å². The quantitative estimate of drug-likeness (QED) is 0.862. The van der Waals surface area contributed by atoms with Crippen molar-refractivity contribution in [3.05, 3.63) is 22.6 Å². The van der Waals surface area contributed by atoms with Crippen molar-refractivity contribution in [2.24, 2.45) is 5.92 Å². The Morgan fingerprint density at radius 1 is 1.73 bits per heavy atom. The molecule has 1 aliphatic carbocycles. The van der Waals surface area contributed by atoms with Gasteiger partial charge in [0.1, 0.15) is 11.8 Å². The van der Waals surface area contributed by atoms with Crippen molar-refractivity contribution >= 4 is 21.9 Å². The number of aliphatic carboxylic acids is 1. The lowest BCUT2D eigenvalue weighted by Gasteiger charge is -2.12. The largest absolute Gasteiger partial charge is 0.480 e. The molecule has 1 unspecified atom stereocenters. The van der Waals surface area contributed by atoms with Crippen LogP contribution in [-0.4, -0.2) is 17.1 Å². The second kappa shape index (κ2) is 4.37. The molecule has 0 spiro atoms. The molecule has 4 nitrogen and oxygen atoms in total. The molecule has 0 aliphatic heterocycles. The summed E-state index contributed by atoms with van der Waals surface area (Å²) in [5.41, 5.74) is 0. The van der Waals surface area contributed by atoms with Crippen LogP contribution >= 0.6 is 15.9 Å². The molecule has 1 saturated carbocycles. The van der Waals surface area contributed by atoms with Crippen molar-refractivity contribution in [1.29, 1.82) is 0 Å². The maximum Gasteiger partial charge on any atom is 0.320 e. The Balaban J connectivity index is 1.91. The fraction of sp³-hybridized carbons (Fsp3) is 0.500. The van der Waals surface area contributed by atoms with Crippen LogP contribution in [0.2, 0.25) is 0 Å². The number of carbonyl (C=O) groups is 1. The van der Waals surface area contributed by atoms with Gasteiger partial charge in [-0.25, -0.2) is 0 Å². The maximum atomic E-state index is 10.9. The zero-order valence-electron chi connectivity index (χ0n) is 8.07. The highest BCUT2D eigenvalue weighted by Gasteiger charge is 2.35. The van der Waals surface area contributed by atoms with Gasteiger partial charge in [-0.15, -0.1) is 0 Å². The summed E-state index contributed by atoms with van der Waals surface area (Å²) in [4.78, 5) is 10.9. The monoisotopic (exact) mass is 273 g/mol. The second-order valence-electron chi connectivity index (χ2n) is 3.73. The molecule has 0 bridgehead atoms. The lowest BCUT2D eigenvalue weighted by Crippen LogP contribution is -2.37. The van der Waals surface area contributed by atoms with E-state index in [4.69, 9.17) is 9.52 Å². The van der Waals surface area contributed by atoms with Gasteiger partial charge in [0.15, 0.2) is 0 Å². The second-order valence-corrected chi connectivity index (χ2v) is 4.58. The average Bonchev–Trinajstić information content (AvgIpc) is 2.92. The molecule has 1 atom stereocenters. The van der Waals surface area contributed by atoms with E-state index in [0.29, 0.717) is 6.54 Å². The molecule has 0 amide bonds. The van der Waals surface area contributed by atoms with E-state index >= 15 is 0 Å². The highest BCUT2D eigenvalue weighted by atomic mass is 79.9. The van der Waals surface area contributed by atoms with E-state index in [2.05, 4.69) is 21.2 Å². The van der Waals surface area contributed by atoms with Crippen molar-refractivity contribution in [1.82, 2.24) is 5.32 Å². The molecule has 1 aromatic rings. The minimum Gasteiger partial charge on any atom is -0.480 e. The van der Waals surface area contributed by atoms with Gasteiger partial charge in [0, 0.05) is 0 Å². The van der Waals surface area contributed by atoms with Crippen LogP contribution in [0.4, 0.5) is 0 Å². The Labute approximate surface area is 95.8 Å². The molecule has 2 rings (SSSR count). The molecule has 0 aromatic carbocycles. The van der Waals surface area contributed by atoms with Crippen LogP contribution in [0.5, 0.6) is 0 Å². The minimum absolute atomic E-state index is 0.288. The third-order valence-electron chi connectivity index (χ3n) is 2.53. The topological polar surface area (TPSA) is 62.5 Å². The van der Waals surface area contributed by atoms with Gasteiger partial charge in [-0.2, -0.15) is 0 Å². The highest BCUT2D eigenvalue weighted by Crippen LogP contribution is 2.33. The van der Waals surface area contributed by atoms with E-state index in [1.165, 1.54) is 0 Å². The van der Waals surface area contributed by atoms with Crippen LogP contribution in [0.25, 0.3) is 0 Å². The smallest absolute Gasteiger partial charge is 0.320 e. The molecule has 0 saturated heterocycles. The normalized spacial score (nSPS) is 17.7. The summed E-state index contributed by atoms with van der Waals surface area (Å²) in [5.74, 6) is 0.248. The van der Waals surface area contributed by atoms with Crippen LogP contribution < -0.4 is 5.32 Å². The van der Waals surface area contributed by atoms with Gasteiger partial charge in [0.05, 0.1) is 17.3 Å². The zero-order valence-corrected chi connectivity index (χ0v) is 9.66. The molecule has 1 heterocycles. The number of carboxylic acids is 1. The number of halogens is 1. The van der Waals surface area contributed by atoms with Gasteiger partial charge in [0.25, 0.3) is 0 Å². The van der Waals surface area contributed by atoms with Crippen LogP contribution in [-0.2, 0) is 11.3 Å². The Hall–Kier alpha value is -0.810. The van der Waals surface area contributed by atoms with Crippen LogP contribution in [0.3, 0.4) is 0 Å². The molecule has 15 heavy (non-hydrogen) atoms. The number of nitrogens with one attached hydrogen (secondary N) is 1. The Morgan fingerprint density at radius 2 is 2.47 bits per heavy atom. The number of hydrogen-bond acceptors (Lipinski definition) is 3. The van der Waals surface area contributed by atoms with Gasteiger partial charge >= 0.3 is 5.97 Å². The summed E-state index contributed by atoms with van der Waals surface area (Å²) in [5, 5.41) is 12.0. The van der Waals surface area contributed by atoms with Crippen molar-refractivity contribution in [3.63, 3.8) is 0 Å². The van der Waals surface area contributed by atoms with Gasteiger partial charge in [-0.3, -0.25) is 10.1 Å². The summed E-state index contributed by atoms with van der Waals surface area (Å²) in [6, 6.07) is 1.35. The first-order valence-corrected chi connectivity index (χ1v) is 5.66. The maximum absolute atomic E-state index is 10.9. The van der Waals surface area contributed by atoms with Gasteiger partial charge in [-0.05, 0) is 40.8 Å². The van der Waals surface area contributed by atoms with E-state index < -0.39 is 12.0 Å². The van der Waals surface area contributed by atoms with Crippen molar-refractivity contribution in [2.75, 3.05) is 0 Å². The van der Waals surface area contributed by atoms with Gasteiger partial charge < -0.3 is 9.52 Å². The molecule has 1 aliphatic rings. The molecule has 2 N–H and O–H groups in total. The summed E-state index contributed by atoms with van der Waals surface area (Å²) < 4.78 is 6.06. The molecule has 82 valence electrons. The SMILES string of the molecule is O=C(O)C(NCc1occc1Br)C1CC1. The Kier molecular flexibility index (Phi) is 3.11. The zero-order chi connectivity index (χ0) is 10.8. The van der Waals surface area contributed by atoms with Crippen molar-refractivity contribution < 1.29 is 14.3 Å². The molecule has 5 heteroatoms. The summed E-state index contributed by atoms with van der Waals surface area (Å²) in [7, 11) is 0. The number of rotatable bonds is 5. The van der Waals surface area contributed by atoms with E-state index in [0.717, 1.165) is 23.1 Å². The molecule has 1 aromatic heterocycles. The summed E-state index contributed by atoms with van der Waals surface area (Å²) in [6.45, 7) is 0.445. The van der Waals surface area contributed by atoms with Crippen molar-refractivity contribution in [2.45, 2.75) is 25.4 Å². The fourth-order valence-corrected chi connectivity index (χ4v) is 1.88. The standard InChI is InChI=1S/C10H12BrNO3/c11-7-3-4-15-8(7)5-12-9(10(13)14)6-1-2-6/h3-4,6,9,12H,1-2,5H2,(H,13,14). The number of carboxylic acid groups (broad SMARTS) is 1. The lowest BCUT2D eigenvalue weighted by atomic mass is 10.2.